The first-order chi connectivity index (χ1) is 18.0. The summed E-state index contributed by atoms with van der Waals surface area (Å²) in [6, 6.07) is 3.80. The first kappa shape index (κ1) is 29.5. The molecular formula is C26H28ClF5N2O4S. The lowest BCUT2D eigenvalue weighted by atomic mass is 9.81. The summed E-state index contributed by atoms with van der Waals surface area (Å²) in [5, 5.41) is -0.575. The molecule has 6 nitrogen and oxygen atoms in total. The van der Waals surface area contributed by atoms with Crippen LogP contribution in [0.5, 0.6) is 5.75 Å². The van der Waals surface area contributed by atoms with Crippen LogP contribution >= 0.6 is 11.6 Å². The van der Waals surface area contributed by atoms with Crippen LogP contribution in [0.15, 0.2) is 24.3 Å². The Balaban J connectivity index is 1.41. The van der Waals surface area contributed by atoms with Crippen LogP contribution in [0.3, 0.4) is 0 Å². The van der Waals surface area contributed by atoms with Gasteiger partial charge in [-0.3, -0.25) is 9.69 Å². The molecule has 4 rings (SSSR count). The second-order valence-electron chi connectivity index (χ2n) is 10.7. The summed E-state index contributed by atoms with van der Waals surface area (Å²) in [5.74, 6) is -2.47. The summed E-state index contributed by atoms with van der Waals surface area (Å²) in [6.07, 6.45) is -0.985. The molecule has 2 aromatic carbocycles. The summed E-state index contributed by atoms with van der Waals surface area (Å²) in [7, 11) is -3.87. The van der Waals surface area contributed by atoms with Gasteiger partial charge in [0.25, 0.3) is 5.91 Å². The van der Waals surface area contributed by atoms with Crippen molar-refractivity contribution in [2.24, 2.45) is 5.41 Å². The molecule has 0 spiro atoms. The van der Waals surface area contributed by atoms with Crippen molar-refractivity contribution in [3.63, 3.8) is 0 Å². The standard InChI is InChI=1S/C26H28ClF5N2O4S/c1-25(5-7-34(8-6-25)13-16-9-17(26(30,31)32)10-20(27)23(16)29)14-38-22-12-21(28)19(11-18(22)15-3-4-15)24(35)33-39(2,36)37/h9-12,15H,3-8,13-14H2,1-2H3,(H,33,35). The van der Waals surface area contributed by atoms with Crippen LogP contribution in [0.2, 0.25) is 5.02 Å². The number of carbonyl (C=O) groups excluding carboxylic acids is 1. The van der Waals surface area contributed by atoms with Crippen molar-refractivity contribution in [2.45, 2.75) is 51.2 Å². The highest BCUT2D eigenvalue weighted by Crippen LogP contribution is 2.46. The molecule has 2 aliphatic rings. The maximum absolute atomic E-state index is 14.8. The Labute approximate surface area is 228 Å². The highest BCUT2D eigenvalue weighted by Gasteiger charge is 2.35. The Bertz CT molecular complexity index is 1370. The fourth-order valence-electron chi connectivity index (χ4n) is 4.62. The number of sulfonamides is 1. The summed E-state index contributed by atoms with van der Waals surface area (Å²) in [4.78, 5) is 14.1. The molecule has 39 heavy (non-hydrogen) atoms. The minimum absolute atomic E-state index is 0.0273. The lowest BCUT2D eigenvalue weighted by Crippen LogP contribution is -2.41. The van der Waals surface area contributed by atoms with Gasteiger partial charge in [-0.05, 0) is 68.5 Å². The number of nitrogens with zero attached hydrogens (tertiary/aromatic N) is 1. The molecule has 1 heterocycles. The number of benzene rings is 2. The predicted molar refractivity (Wildman–Crippen MR) is 135 cm³/mol. The molecule has 0 atom stereocenters. The van der Waals surface area contributed by atoms with Crippen molar-refractivity contribution in [1.29, 1.82) is 0 Å². The van der Waals surface area contributed by atoms with Crippen molar-refractivity contribution >= 4 is 27.5 Å². The van der Waals surface area contributed by atoms with E-state index in [1.165, 1.54) is 6.07 Å². The van der Waals surface area contributed by atoms with E-state index in [1.54, 1.807) is 4.72 Å². The minimum Gasteiger partial charge on any atom is -0.493 e. The molecule has 13 heteroatoms. The van der Waals surface area contributed by atoms with E-state index in [0.717, 1.165) is 31.2 Å². The van der Waals surface area contributed by atoms with Gasteiger partial charge in [0.1, 0.15) is 17.4 Å². The predicted octanol–water partition coefficient (Wildman–Crippen LogP) is 5.88. The Morgan fingerprint density at radius 3 is 2.36 bits per heavy atom. The first-order valence-electron chi connectivity index (χ1n) is 12.3. The van der Waals surface area contributed by atoms with Crippen LogP contribution in [0, 0.1) is 17.0 Å². The molecule has 1 N–H and O–H groups in total. The SMILES string of the molecule is CC1(COc2cc(F)c(C(=O)NS(C)(=O)=O)cc2C2CC2)CCN(Cc2cc(C(F)(F)F)cc(Cl)c2F)CC1. The molecule has 0 aromatic heterocycles. The molecule has 1 saturated heterocycles. The van der Waals surface area contributed by atoms with Gasteiger partial charge in [0.05, 0.1) is 29.0 Å². The Morgan fingerprint density at radius 2 is 1.79 bits per heavy atom. The van der Waals surface area contributed by atoms with Gasteiger partial charge in [0.2, 0.25) is 10.0 Å². The third kappa shape index (κ3) is 7.40. The third-order valence-electron chi connectivity index (χ3n) is 7.10. The maximum atomic E-state index is 14.8. The number of halogens is 6. The van der Waals surface area contributed by atoms with E-state index in [1.807, 2.05) is 11.8 Å². The molecule has 0 bridgehead atoms. The summed E-state index contributed by atoms with van der Waals surface area (Å²) in [6.45, 7) is 3.12. The van der Waals surface area contributed by atoms with E-state index in [9.17, 15) is 35.2 Å². The van der Waals surface area contributed by atoms with Crippen molar-refractivity contribution in [1.82, 2.24) is 9.62 Å². The quantitative estimate of drug-likeness (QED) is 0.386. The maximum Gasteiger partial charge on any atom is 0.416 e. The molecule has 0 radical (unpaired) electrons. The molecule has 214 valence electrons. The zero-order valence-electron chi connectivity index (χ0n) is 21.3. The van der Waals surface area contributed by atoms with E-state index < -0.39 is 44.3 Å². The van der Waals surface area contributed by atoms with Gasteiger partial charge in [-0.15, -0.1) is 0 Å². The van der Waals surface area contributed by atoms with Gasteiger partial charge in [-0.1, -0.05) is 18.5 Å². The number of hydrogen-bond donors (Lipinski definition) is 1. The van der Waals surface area contributed by atoms with Crippen molar-refractivity contribution < 1.29 is 39.9 Å². The van der Waals surface area contributed by atoms with Crippen molar-refractivity contribution in [3.8, 4) is 5.75 Å². The number of rotatable bonds is 8. The lowest BCUT2D eigenvalue weighted by Gasteiger charge is -2.39. The average molecular weight is 595 g/mol. The van der Waals surface area contributed by atoms with Crippen LogP contribution < -0.4 is 9.46 Å². The number of ether oxygens (including phenoxy) is 1. The van der Waals surface area contributed by atoms with Gasteiger partial charge >= 0.3 is 6.18 Å². The van der Waals surface area contributed by atoms with Crippen LogP contribution in [-0.2, 0) is 22.7 Å². The normalized spacial score (nSPS) is 18.2. The number of hydrogen-bond acceptors (Lipinski definition) is 5. The highest BCUT2D eigenvalue weighted by atomic mass is 35.5. The smallest absolute Gasteiger partial charge is 0.416 e. The fourth-order valence-corrected chi connectivity index (χ4v) is 5.31. The van der Waals surface area contributed by atoms with E-state index in [0.29, 0.717) is 37.6 Å². The molecule has 2 aromatic rings. The molecule has 1 amide bonds. The zero-order chi connectivity index (χ0) is 28.8. The third-order valence-corrected chi connectivity index (χ3v) is 7.93. The largest absolute Gasteiger partial charge is 0.493 e. The monoisotopic (exact) mass is 594 g/mol. The zero-order valence-corrected chi connectivity index (χ0v) is 22.9. The highest BCUT2D eigenvalue weighted by molar-refractivity contribution is 7.89. The number of carbonyl (C=O) groups is 1. The van der Waals surface area contributed by atoms with Crippen molar-refractivity contribution in [2.75, 3.05) is 26.0 Å². The second-order valence-corrected chi connectivity index (χ2v) is 12.8. The Kier molecular flexibility index (Phi) is 8.22. The Hall–Kier alpha value is -2.44. The van der Waals surface area contributed by atoms with Gasteiger partial charge in [0.15, 0.2) is 0 Å². The minimum atomic E-state index is -4.64. The van der Waals surface area contributed by atoms with E-state index in [2.05, 4.69) is 0 Å². The topological polar surface area (TPSA) is 75.7 Å². The molecule has 0 unspecified atom stereocenters. The van der Waals surface area contributed by atoms with Gasteiger partial charge in [0, 0.05) is 23.6 Å². The fraction of sp³-hybridized carbons (Fsp3) is 0.500. The molecule has 1 aliphatic heterocycles. The number of piperidine rings is 1. The number of likely N-dealkylation sites (tertiary alicyclic amines) is 1. The van der Waals surface area contributed by atoms with E-state index in [4.69, 9.17) is 16.3 Å². The van der Waals surface area contributed by atoms with Crippen LogP contribution in [-0.4, -0.2) is 45.2 Å². The Morgan fingerprint density at radius 1 is 1.15 bits per heavy atom. The molecule has 1 saturated carbocycles. The van der Waals surface area contributed by atoms with Gasteiger partial charge in [-0.25, -0.2) is 21.9 Å². The van der Waals surface area contributed by atoms with Crippen molar-refractivity contribution in [3.05, 3.63) is 63.2 Å². The first-order valence-corrected chi connectivity index (χ1v) is 14.6. The number of alkyl halides is 3. The second kappa shape index (κ2) is 10.9. The van der Waals surface area contributed by atoms with E-state index in [-0.39, 0.29) is 41.4 Å². The average Bonchev–Trinajstić information content (AvgIpc) is 3.66. The summed E-state index contributed by atoms with van der Waals surface area (Å²) < 4.78 is 99.2. The van der Waals surface area contributed by atoms with Gasteiger partial charge in [-0.2, -0.15) is 13.2 Å². The lowest BCUT2D eigenvalue weighted by molar-refractivity contribution is -0.137. The number of amides is 1. The van der Waals surface area contributed by atoms with Crippen LogP contribution in [0.4, 0.5) is 22.0 Å². The molecular weight excluding hydrogens is 567 g/mol. The molecule has 2 fully saturated rings. The summed E-state index contributed by atoms with van der Waals surface area (Å²) in [5.41, 5.74) is -1.22. The molecule has 1 aliphatic carbocycles. The van der Waals surface area contributed by atoms with Gasteiger partial charge < -0.3 is 4.74 Å². The summed E-state index contributed by atoms with van der Waals surface area (Å²) >= 11 is 5.71. The number of nitrogens with one attached hydrogen (secondary N) is 1. The van der Waals surface area contributed by atoms with Crippen LogP contribution in [0.25, 0.3) is 0 Å². The van der Waals surface area contributed by atoms with E-state index >= 15 is 0 Å². The van der Waals surface area contributed by atoms with Crippen LogP contribution in [0.1, 0.15) is 65.6 Å².